The van der Waals surface area contributed by atoms with E-state index in [9.17, 15) is 13.9 Å². The zero-order valence-electron chi connectivity index (χ0n) is 7.50. The fraction of sp³-hybridized carbons (Fsp3) is 0.400. The number of halogens is 2. The topological polar surface area (TPSA) is 46.2 Å². The molecule has 2 atom stereocenters. The Balaban J connectivity index is 2.54. The molecule has 0 aromatic heterocycles. The lowest BCUT2D eigenvalue weighted by molar-refractivity contribution is 0.132. The third-order valence-corrected chi connectivity index (χ3v) is 2.65. The van der Waals surface area contributed by atoms with E-state index < -0.39 is 23.8 Å². The molecule has 2 rings (SSSR count). The van der Waals surface area contributed by atoms with Gasteiger partial charge in [-0.15, -0.1) is 0 Å². The van der Waals surface area contributed by atoms with Crippen LogP contribution in [0.3, 0.4) is 0 Å². The summed E-state index contributed by atoms with van der Waals surface area (Å²) in [6.07, 6.45) is 0.0279. The molecule has 2 nitrogen and oxygen atoms in total. The molecule has 0 bridgehead atoms. The van der Waals surface area contributed by atoms with Gasteiger partial charge in [0, 0.05) is 12.1 Å². The van der Waals surface area contributed by atoms with Gasteiger partial charge in [0.25, 0.3) is 0 Å². The maximum absolute atomic E-state index is 13.2. The van der Waals surface area contributed by atoms with E-state index in [2.05, 4.69) is 0 Å². The fourth-order valence-corrected chi connectivity index (χ4v) is 1.85. The summed E-state index contributed by atoms with van der Waals surface area (Å²) in [5, 5.41) is 9.62. The van der Waals surface area contributed by atoms with Crippen LogP contribution in [0.1, 0.15) is 23.7 Å². The quantitative estimate of drug-likeness (QED) is 0.661. The van der Waals surface area contributed by atoms with E-state index in [1.54, 1.807) is 0 Å². The van der Waals surface area contributed by atoms with Crippen LogP contribution in [0.25, 0.3) is 0 Å². The summed E-state index contributed by atoms with van der Waals surface area (Å²) in [6.45, 7) is 0. The van der Waals surface area contributed by atoms with E-state index in [1.165, 1.54) is 0 Å². The van der Waals surface area contributed by atoms with E-state index in [0.29, 0.717) is 24.0 Å². The van der Waals surface area contributed by atoms with Crippen molar-refractivity contribution in [3.8, 4) is 0 Å². The summed E-state index contributed by atoms with van der Waals surface area (Å²) in [4.78, 5) is 0. The molecule has 1 aromatic carbocycles. The summed E-state index contributed by atoms with van der Waals surface area (Å²) < 4.78 is 26.1. The Morgan fingerprint density at radius 1 is 1.36 bits per heavy atom. The molecule has 0 spiro atoms. The number of fused-ring (bicyclic) bond motifs is 1. The molecule has 0 saturated carbocycles. The Kier molecular flexibility index (Phi) is 2.25. The Morgan fingerprint density at radius 2 is 2.07 bits per heavy atom. The van der Waals surface area contributed by atoms with Crippen LogP contribution in [0.5, 0.6) is 0 Å². The second kappa shape index (κ2) is 3.29. The molecule has 76 valence electrons. The largest absolute Gasteiger partial charge is 0.387 e. The first-order valence-corrected chi connectivity index (χ1v) is 4.51. The molecule has 3 N–H and O–H groups in total. The molecule has 0 saturated heterocycles. The van der Waals surface area contributed by atoms with Crippen molar-refractivity contribution in [3.05, 3.63) is 34.9 Å². The molecule has 14 heavy (non-hydrogen) atoms. The molecule has 0 heterocycles. The van der Waals surface area contributed by atoms with Gasteiger partial charge in [-0.25, -0.2) is 8.78 Å². The van der Waals surface area contributed by atoms with Gasteiger partial charge in [0.15, 0.2) is 0 Å². The predicted octanol–water partition coefficient (Wildman–Crippen LogP) is 1.27. The van der Waals surface area contributed by atoms with Crippen molar-refractivity contribution < 1.29 is 13.9 Å². The first-order chi connectivity index (χ1) is 6.59. The Morgan fingerprint density at radius 3 is 2.79 bits per heavy atom. The van der Waals surface area contributed by atoms with E-state index in [0.717, 1.165) is 12.1 Å². The van der Waals surface area contributed by atoms with Crippen molar-refractivity contribution in [2.75, 3.05) is 0 Å². The average Bonchev–Trinajstić information content (AvgIpc) is 2.12. The van der Waals surface area contributed by atoms with Crippen molar-refractivity contribution >= 4 is 0 Å². The molecular weight excluding hydrogens is 188 g/mol. The summed E-state index contributed by atoms with van der Waals surface area (Å²) in [5.74, 6) is -1.26. The Bertz CT molecular complexity index is 367. The van der Waals surface area contributed by atoms with Gasteiger partial charge in [0.1, 0.15) is 11.6 Å². The van der Waals surface area contributed by atoms with Crippen molar-refractivity contribution in [1.29, 1.82) is 0 Å². The second-order valence-electron chi connectivity index (χ2n) is 3.60. The van der Waals surface area contributed by atoms with Gasteiger partial charge in [0.05, 0.1) is 6.10 Å². The summed E-state index contributed by atoms with van der Waals surface area (Å²) in [5.41, 5.74) is 6.28. The van der Waals surface area contributed by atoms with E-state index in [4.69, 9.17) is 5.73 Å². The number of nitrogens with two attached hydrogens (primary N) is 1. The zero-order chi connectivity index (χ0) is 10.3. The van der Waals surface area contributed by atoms with E-state index in [-0.39, 0.29) is 0 Å². The third-order valence-electron chi connectivity index (χ3n) is 2.65. The van der Waals surface area contributed by atoms with Crippen molar-refractivity contribution in [3.63, 3.8) is 0 Å². The third kappa shape index (κ3) is 1.40. The number of hydrogen-bond donors (Lipinski definition) is 2. The molecule has 1 aliphatic rings. The zero-order valence-corrected chi connectivity index (χ0v) is 7.50. The highest BCUT2D eigenvalue weighted by molar-refractivity contribution is 5.34. The van der Waals surface area contributed by atoms with Gasteiger partial charge >= 0.3 is 0 Å². The SMILES string of the molecule is N[C@@H]1CCc2c(F)cc(F)cc2[C@@H]1O. The molecule has 0 aliphatic heterocycles. The van der Waals surface area contributed by atoms with Crippen LogP contribution in [0, 0.1) is 11.6 Å². The van der Waals surface area contributed by atoms with Crippen LogP contribution in [0.15, 0.2) is 12.1 Å². The lowest BCUT2D eigenvalue weighted by atomic mass is 9.86. The number of aliphatic hydroxyl groups is 1. The van der Waals surface area contributed by atoms with Gasteiger partial charge in [-0.2, -0.15) is 0 Å². The molecule has 1 aliphatic carbocycles. The molecular formula is C10H11F2NO. The molecule has 0 fully saturated rings. The van der Waals surface area contributed by atoms with Crippen LogP contribution in [-0.4, -0.2) is 11.1 Å². The maximum atomic E-state index is 13.2. The van der Waals surface area contributed by atoms with Crippen LogP contribution < -0.4 is 5.73 Å². The lowest BCUT2D eigenvalue weighted by Gasteiger charge is -2.27. The van der Waals surface area contributed by atoms with Gasteiger partial charge in [-0.05, 0) is 30.0 Å². The molecule has 0 unspecified atom stereocenters. The fourth-order valence-electron chi connectivity index (χ4n) is 1.85. The number of rotatable bonds is 0. The summed E-state index contributed by atoms with van der Waals surface area (Å²) in [6, 6.07) is 1.56. The Labute approximate surface area is 80.4 Å². The smallest absolute Gasteiger partial charge is 0.129 e. The van der Waals surface area contributed by atoms with Gasteiger partial charge < -0.3 is 10.8 Å². The van der Waals surface area contributed by atoms with Gasteiger partial charge in [0.2, 0.25) is 0 Å². The highest BCUT2D eigenvalue weighted by Crippen LogP contribution is 2.31. The highest BCUT2D eigenvalue weighted by atomic mass is 19.1. The highest BCUT2D eigenvalue weighted by Gasteiger charge is 2.27. The molecule has 0 radical (unpaired) electrons. The molecule has 0 amide bonds. The second-order valence-corrected chi connectivity index (χ2v) is 3.60. The van der Waals surface area contributed by atoms with Crippen molar-refractivity contribution in [1.82, 2.24) is 0 Å². The minimum absolute atomic E-state index is 0.293. The number of hydrogen-bond acceptors (Lipinski definition) is 2. The van der Waals surface area contributed by atoms with Crippen molar-refractivity contribution in [2.45, 2.75) is 25.0 Å². The van der Waals surface area contributed by atoms with Crippen LogP contribution in [0.2, 0.25) is 0 Å². The minimum Gasteiger partial charge on any atom is -0.387 e. The summed E-state index contributed by atoms with van der Waals surface area (Å²) in [7, 11) is 0. The van der Waals surface area contributed by atoms with Gasteiger partial charge in [-0.3, -0.25) is 0 Å². The monoisotopic (exact) mass is 199 g/mol. The number of aliphatic hydroxyl groups excluding tert-OH is 1. The first kappa shape index (κ1) is 9.55. The minimum atomic E-state index is -0.955. The van der Waals surface area contributed by atoms with Crippen LogP contribution in [-0.2, 0) is 6.42 Å². The standard InChI is InChI=1S/C10H11F2NO/c11-5-3-7-6(8(12)4-5)1-2-9(13)10(7)14/h3-4,9-10,14H,1-2,13H2/t9-,10+/m1/s1. The Hall–Kier alpha value is -1.00. The van der Waals surface area contributed by atoms with Crippen LogP contribution in [0.4, 0.5) is 8.78 Å². The van der Waals surface area contributed by atoms with E-state index >= 15 is 0 Å². The van der Waals surface area contributed by atoms with Crippen LogP contribution >= 0.6 is 0 Å². The lowest BCUT2D eigenvalue weighted by Crippen LogP contribution is -2.33. The summed E-state index contributed by atoms with van der Waals surface area (Å²) >= 11 is 0. The van der Waals surface area contributed by atoms with E-state index in [1.807, 2.05) is 0 Å². The molecule has 4 heteroatoms. The van der Waals surface area contributed by atoms with Crippen molar-refractivity contribution in [2.24, 2.45) is 5.73 Å². The average molecular weight is 199 g/mol. The predicted molar refractivity (Wildman–Crippen MR) is 47.6 cm³/mol. The number of benzene rings is 1. The van der Waals surface area contributed by atoms with Gasteiger partial charge in [-0.1, -0.05) is 0 Å². The molecule has 1 aromatic rings. The first-order valence-electron chi connectivity index (χ1n) is 4.51. The normalized spacial score (nSPS) is 26.0. The maximum Gasteiger partial charge on any atom is 0.129 e.